The number of rotatable bonds is 2. The lowest BCUT2D eigenvalue weighted by molar-refractivity contribution is -0.0199. The lowest BCUT2D eigenvalue weighted by Crippen LogP contribution is -2.42. The van der Waals surface area contributed by atoms with Crippen molar-refractivity contribution in [3.05, 3.63) is 23.3 Å². The molecule has 4 nitrogen and oxygen atoms in total. The molecule has 4 heteroatoms. The van der Waals surface area contributed by atoms with Crippen molar-refractivity contribution in [3.8, 4) is 11.5 Å². The van der Waals surface area contributed by atoms with E-state index in [2.05, 4.69) is 6.92 Å². The SMILES string of the molecule is CCOc1cc2c(cc1O)C(=O)CCC1C2CC[C@@]2(C)C1CC[C@@H]2O. The van der Waals surface area contributed by atoms with Gasteiger partial charge in [-0.2, -0.15) is 0 Å². The lowest BCUT2D eigenvalue weighted by Gasteiger charge is -2.47. The van der Waals surface area contributed by atoms with Gasteiger partial charge in [0.05, 0.1) is 12.7 Å². The summed E-state index contributed by atoms with van der Waals surface area (Å²) in [6, 6.07) is 3.52. The van der Waals surface area contributed by atoms with Crippen LogP contribution >= 0.6 is 0 Å². The third-order valence-corrected chi connectivity index (χ3v) is 7.22. The molecule has 2 fully saturated rings. The molecule has 0 aromatic heterocycles. The van der Waals surface area contributed by atoms with E-state index in [4.69, 9.17) is 4.74 Å². The van der Waals surface area contributed by atoms with Crippen molar-refractivity contribution >= 4 is 5.78 Å². The van der Waals surface area contributed by atoms with E-state index in [9.17, 15) is 15.0 Å². The summed E-state index contributed by atoms with van der Waals surface area (Å²) in [6.07, 6.45) is 5.13. The average molecular weight is 344 g/mol. The summed E-state index contributed by atoms with van der Waals surface area (Å²) < 4.78 is 5.58. The molecule has 0 heterocycles. The first-order valence-electron chi connectivity index (χ1n) is 9.66. The van der Waals surface area contributed by atoms with E-state index in [-0.39, 0.29) is 23.1 Å². The normalized spacial score (nSPS) is 37.0. The molecule has 5 atom stereocenters. The Morgan fingerprint density at radius 2 is 2.04 bits per heavy atom. The number of aliphatic hydroxyl groups excluding tert-OH is 1. The van der Waals surface area contributed by atoms with Gasteiger partial charge in [0.25, 0.3) is 0 Å². The Hall–Kier alpha value is -1.55. The van der Waals surface area contributed by atoms with E-state index in [0.717, 1.165) is 37.7 Å². The van der Waals surface area contributed by atoms with Crippen LogP contribution in [0.2, 0.25) is 0 Å². The summed E-state index contributed by atoms with van der Waals surface area (Å²) in [6.45, 7) is 4.62. The van der Waals surface area contributed by atoms with Crippen molar-refractivity contribution in [2.75, 3.05) is 6.61 Å². The maximum Gasteiger partial charge on any atom is 0.163 e. The number of phenolic OH excluding ortho intramolecular Hbond substituents is 1. The predicted octanol–water partition coefficient (Wildman–Crippen LogP) is 4.04. The Kier molecular flexibility index (Phi) is 4.06. The van der Waals surface area contributed by atoms with Crippen molar-refractivity contribution in [2.24, 2.45) is 17.3 Å². The molecule has 1 aromatic rings. The fourth-order valence-corrected chi connectivity index (χ4v) is 5.88. The number of hydrogen-bond donors (Lipinski definition) is 2. The monoisotopic (exact) mass is 344 g/mol. The van der Waals surface area contributed by atoms with Gasteiger partial charge in [-0.1, -0.05) is 6.92 Å². The van der Waals surface area contributed by atoms with Gasteiger partial charge in [-0.15, -0.1) is 0 Å². The minimum absolute atomic E-state index is 0.00557. The number of fused-ring (bicyclic) bond motifs is 5. The Bertz CT molecular complexity index is 697. The molecule has 3 aliphatic carbocycles. The van der Waals surface area contributed by atoms with Gasteiger partial charge >= 0.3 is 0 Å². The second kappa shape index (κ2) is 6.01. The number of ether oxygens (including phenoxy) is 1. The largest absolute Gasteiger partial charge is 0.504 e. The number of phenols is 1. The minimum Gasteiger partial charge on any atom is -0.504 e. The molecular formula is C21H28O4. The quantitative estimate of drug-likeness (QED) is 0.850. The second-order valence-electron chi connectivity index (χ2n) is 8.32. The van der Waals surface area contributed by atoms with Gasteiger partial charge in [-0.25, -0.2) is 0 Å². The van der Waals surface area contributed by atoms with Crippen LogP contribution in [0.5, 0.6) is 11.5 Å². The summed E-state index contributed by atoms with van der Waals surface area (Å²) >= 11 is 0. The van der Waals surface area contributed by atoms with Crippen molar-refractivity contribution in [1.29, 1.82) is 0 Å². The molecule has 25 heavy (non-hydrogen) atoms. The van der Waals surface area contributed by atoms with Crippen LogP contribution in [0.3, 0.4) is 0 Å². The number of Topliss-reactive ketones (excluding diaryl/α,β-unsaturated/α-hetero) is 1. The highest BCUT2D eigenvalue weighted by Crippen LogP contribution is 2.60. The Morgan fingerprint density at radius 3 is 2.80 bits per heavy atom. The number of aromatic hydroxyl groups is 1. The summed E-state index contributed by atoms with van der Waals surface area (Å²) in [4.78, 5) is 12.7. The predicted molar refractivity (Wildman–Crippen MR) is 95.1 cm³/mol. The lowest BCUT2D eigenvalue weighted by atomic mass is 9.58. The summed E-state index contributed by atoms with van der Waals surface area (Å²) in [5.74, 6) is 1.90. The highest BCUT2D eigenvalue weighted by Gasteiger charge is 2.54. The van der Waals surface area contributed by atoms with Gasteiger partial charge in [0.1, 0.15) is 0 Å². The minimum atomic E-state index is -0.212. The summed E-state index contributed by atoms with van der Waals surface area (Å²) in [7, 11) is 0. The molecule has 4 rings (SSSR count). The molecule has 3 aliphatic rings. The van der Waals surface area contributed by atoms with E-state index < -0.39 is 0 Å². The van der Waals surface area contributed by atoms with Crippen molar-refractivity contribution < 1.29 is 19.7 Å². The number of benzene rings is 1. The molecule has 2 saturated carbocycles. The Morgan fingerprint density at radius 1 is 1.24 bits per heavy atom. The van der Waals surface area contributed by atoms with Crippen LogP contribution in [-0.2, 0) is 0 Å². The first-order chi connectivity index (χ1) is 12.0. The van der Waals surface area contributed by atoms with E-state index in [1.807, 2.05) is 13.0 Å². The fourth-order valence-electron chi connectivity index (χ4n) is 5.88. The van der Waals surface area contributed by atoms with Crippen molar-refractivity contribution in [1.82, 2.24) is 0 Å². The molecule has 2 N–H and O–H groups in total. The van der Waals surface area contributed by atoms with Crippen LogP contribution in [0.25, 0.3) is 0 Å². The van der Waals surface area contributed by atoms with E-state index >= 15 is 0 Å². The van der Waals surface area contributed by atoms with Gasteiger partial charge in [-0.3, -0.25) is 4.79 Å². The van der Waals surface area contributed by atoms with Crippen LogP contribution < -0.4 is 4.74 Å². The molecule has 0 radical (unpaired) electrons. The van der Waals surface area contributed by atoms with Gasteiger partial charge in [0.2, 0.25) is 0 Å². The number of hydrogen-bond acceptors (Lipinski definition) is 4. The summed E-state index contributed by atoms with van der Waals surface area (Å²) in [5.41, 5.74) is 1.72. The van der Waals surface area contributed by atoms with Gasteiger partial charge < -0.3 is 14.9 Å². The fraction of sp³-hybridized carbons (Fsp3) is 0.667. The highest BCUT2D eigenvalue weighted by atomic mass is 16.5. The number of ketones is 1. The van der Waals surface area contributed by atoms with Crippen molar-refractivity contribution in [2.45, 2.75) is 64.4 Å². The van der Waals surface area contributed by atoms with Gasteiger partial charge in [0.15, 0.2) is 17.3 Å². The molecule has 0 saturated heterocycles. The second-order valence-corrected chi connectivity index (χ2v) is 8.32. The number of carbonyl (C=O) groups excluding carboxylic acids is 1. The van der Waals surface area contributed by atoms with E-state index in [1.54, 1.807) is 6.07 Å². The maximum atomic E-state index is 12.7. The zero-order valence-electron chi connectivity index (χ0n) is 15.1. The zero-order valence-corrected chi connectivity index (χ0v) is 15.1. The summed E-state index contributed by atoms with van der Waals surface area (Å²) in [5, 5.41) is 20.7. The van der Waals surface area contributed by atoms with Gasteiger partial charge in [-0.05, 0) is 79.9 Å². The smallest absolute Gasteiger partial charge is 0.163 e. The molecule has 0 bridgehead atoms. The van der Waals surface area contributed by atoms with E-state index in [0.29, 0.717) is 42.1 Å². The standard InChI is InChI=1S/C21H28O4/c1-3-25-19-11-14-12-8-9-21(2)16(5-7-20(21)24)13(12)4-6-17(22)15(14)10-18(19)23/h10-13,16,20,23-24H,3-9H2,1-2H3/t12?,13?,16?,20-,21-/m0/s1. The third-order valence-electron chi connectivity index (χ3n) is 7.22. The van der Waals surface area contributed by atoms with Crippen molar-refractivity contribution in [3.63, 3.8) is 0 Å². The highest BCUT2D eigenvalue weighted by molar-refractivity contribution is 5.98. The molecule has 1 aromatic carbocycles. The topological polar surface area (TPSA) is 66.8 Å². The zero-order chi connectivity index (χ0) is 17.8. The molecule has 3 unspecified atom stereocenters. The Balaban J connectivity index is 1.78. The molecule has 0 aliphatic heterocycles. The molecule has 0 spiro atoms. The maximum absolute atomic E-state index is 12.7. The van der Waals surface area contributed by atoms with Crippen LogP contribution in [0.4, 0.5) is 0 Å². The van der Waals surface area contributed by atoms with Crippen LogP contribution in [0.15, 0.2) is 12.1 Å². The Labute approximate surface area is 149 Å². The van der Waals surface area contributed by atoms with Gasteiger partial charge in [0, 0.05) is 12.0 Å². The van der Waals surface area contributed by atoms with Crippen LogP contribution in [-0.4, -0.2) is 28.7 Å². The van der Waals surface area contributed by atoms with Crippen LogP contribution in [0.1, 0.15) is 74.2 Å². The average Bonchev–Trinajstić information content (AvgIpc) is 2.82. The first kappa shape index (κ1) is 16.9. The number of carbonyl (C=O) groups is 1. The van der Waals surface area contributed by atoms with Crippen LogP contribution in [0, 0.1) is 17.3 Å². The first-order valence-corrected chi connectivity index (χ1v) is 9.66. The third kappa shape index (κ3) is 2.49. The number of aliphatic hydroxyl groups is 1. The molecular weight excluding hydrogens is 316 g/mol. The molecule has 0 amide bonds. The van der Waals surface area contributed by atoms with E-state index in [1.165, 1.54) is 0 Å². The molecule has 136 valence electrons.